The summed E-state index contributed by atoms with van der Waals surface area (Å²) < 4.78 is 26.2. The molecular weight excluding hydrogens is 328 g/mol. The Morgan fingerprint density at radius 3 is 2.87 bits per heavy atom. The van der Waals surface area contributed by atoms with Crippen molar-refractivity contribution in [3.8, 4) is 11.3 Å². The first-order chi connectivity index (χ1) is 10.8. The van der Waals surface area contributed by atoms with Gasteiger partial charge in [-0.2, -0.15) is 0 Å². The van der Waals surface area contributed by atoms with Gasteiger partial charge in [-0.15, -0.1) is 11.3 Å². The van der Waals surface area contributed by atoms with Gasteiger partial charge in [0.2, 0.25) is 5.91 Å². The predicted molar refractivity (Wildman–Crippen MR) is 80.4 cm³/mol. The van der Waals surface area contributed by atoms with Crippen molar-refractivity contribution in [2.75, 3.05) is 11.9 Å². The minimum Gasteiger partial charge on any atom is -0.364 e. The molecule has 5 N–H and O–H groups in total. The van der Waals surface area contributed by atoms with Crippen LogP contribution in [0.2, 0.25) is 0 Å². The standard InChI is InChI=1S/C13H13F2N5O2S/c14-13(15)2-8(18-5-13)11(22)20-12-19-9(4-23-12)6-1-7(10(16)21)17-3-6/h1,3-4,8,17-18H,2,5H2,(H2,16,21)(H,19,20,22). The van der Waals surface area contributed by atoms with Gasteiger partial charge in [0.25, 0.3) is 11.8 Å². The lowest BCUT2D eigenvalue weighted by Crippen LogP contribution is -2.35. The van der Waals surface area contributed by atoms with Crippen molar-refractivity contribution in [3.63, 3.8) is 0 Å². The van der Waals surface area contributed by atoms with Crippen molar-refractivity contribution in [2.45, 2.75) is 18.4 Å². The summed E-state index contributed by atoms with van der Waals surface area (Å²) in [5.41, 5.74) is 6.58. The fourth-order valence-electron chi connectivity index (χ4n) is 2.24. The van der Waals surface area contributed by atoms with E-state index >= 15 is 0 Å². The van der Waals surface area contributed by atoms with E-state index in [-0.39, 0.29) is 5.69 Å². The number of nitrogens with one attached hydrogen (secondary N) is 3. The van der Waals surface area contributed by atoms with Crippen LogP contribution < -0.4 is 16.4 Å². The first-order valence-electron chi connectivity index (χ1n) is 6.70. The number of carbonyl (C=O) groups is 2. The smallest absolute Gasteiger partial charge is 0.265 e. The molecule has 0 radical (unpaired) electrons. The maximum Gasteiger partial charge on any atom is 0.265 e. The average molecular weight is 341 g/mol. The lowest BCUT2D eigenvalue weighted by atomic mass is 10.2. The zero-order valence-electron chi connectivity index (χ0n) is 11.7. The normalized spacial score (nSPS) is 19.7. The molecule has 3 heterocycles. The lowest BCUT2D eigenvalue weighted by Gasteiger charge is -2.08. The highest BCUT2D eigenvalue weighted by Gasteiger charge is 2.42. The summed E-state index contributed by atoms with van der Waals surface area (Å²) in [6.45, 7) is -0.506. The highest BCUT2D eigenvalue weighted by molar-refractivity contribution is 7.14. The van der Waals surface area contributed by atoms with E-state index < -0.39 is 36.7 Å². The number of thiazole rings is 1. The van der Waals surface area contributed by atoms with Crippen LogP contribution in [-0.2, 0) is 4.79 Å². The number of hydrogen-bond acceptors (Lipinski definition) is 5. The number of H-pyrrole nitrogens is 1. The zero-order chi connectivity index (χ0) is 16.6. The van der Waals surface area contributed by atoms with E-state index in [4.69, 9.17) is 5.73 Å². The first-order valence-corrected chi connectivity index (χ1v) is 7.58. The van der Waals surface area contributed by atoms with Gasteiger partial charge in [-0.3, -0.25) is 14.9 Å². The first kappa shape index (κ1) is 15.6. The van der Waals surface area contributed by atoms with Crippen molar-refractivity contribution in [2.24, 2.45) is 5.73 Å². The van der Waals surface area contributed by atoms with Gasteiger partial charge in [-0.05, 0) is 6.07 Å². The summed E-state index contributed by atoms with van der Waals surface area (Å²) in [6, 6.07) is 0.605. The van der Waals surface area contributed by atoms with Gasteiger partial charge < -0.3 is 16.0 Å². The van der Waals surface area contributed by atoms with Gasteiger partial charge in [0.05, 0.1) is 18.3 Å². The fourth-order valence-corrected chi connectivity index (χ4v) is 2.96. The van der Waals surface area contributed by atoms with Crippen molar-refractivity contribution in [3.05, 3.63) is 23.3 Å². The summed E-state index contributed by atoms with van der Waals surface area (Å²) >= 11 is 1.16. The Labute approximate surface area is 133 Å². The maximum atomic E-state index is 13.1. The van der Waals surface area contributed by atoms with Crippen LogP contribution >= 0.6 is 11.3 Å². The molecule has 3 rings (SSSR count). The van der Waals surface area contributed by atoms with E-state index in [1.807, 2.05) is 0 Å². The second-order valence-electron chi connectivity index (χ2n) is 5.19. The highest BCUT2D eigenvalue weighted by atomic mass is 32.1. The summed E-state index contributed by atoms with van der Waals surface area (Å²) in [5, 5.41) is 6.97. The van der Waals surface area contributed by atoms with Crippen LogP contribution in [0.15, 0.2) is 17.6 Å². The van der Waals surface area contributed by atoms with Crippen LogP contribution in [0.5, 0.6) is 0 Å². The number of alkyl halides is 2. The quantitative estimate of drug-likeness (QED) is 0.668. The number of primary amides is 1. The van der Waals surface area contributed by atoms with E-state index in [9.17, 15) is 18.4 Å². The Morgan fingerprint density at radius 1 is 1.48 bits per heavy atom. The lowest BCUT2D eigenvalue weighted by molar-refractivity contribution is -0.118. The third kappa shape index (κ3) is 3.37. The minimum absolute atomic E-state index is 0.246. The molecule has 2 aromatic heterocycles. The maximum absolute atomic E-state index is 13.1. The molecule has 1 aliphatic rings. The third-order valence-corrected chi connectivity index (χ3v) is 4.16. The molecule has 2 aromatic rings. The Morgan fingerprint density at radius 2 is 2.26 bits per heavy atom. The van der Waals surface area contributed by atoms with E-state index in [0.29, 0.717) is 16.4 Å². The molecule has 0 spiro atoms. The van der Waals surface area contributed by atoms with Gasteiger partial charge in [-0.25, -0.2) is 13.8 Å². The number of nitrogens with two attached hydrogens (primary N) is 1. The molecule has 122 valence electrons. The number of aromatic nitrogens is 2. The number of aromatic amines is 1. The number of hydrogen-bond donors (Lipinski definition) is 4. The second kappa shape index (κ2) is 5.70. The molecule has 0 bridgehead atoms. The van der Waals surface area contributed by atoms with Gasteiger partial charge in [0.1, 0.15) is 5.69 Å². The van der Waals surface area contributed by atoms with Crippen LogP contribution in [0.4, 0.5) is 13.9 Å². The van der Waals surface area contributed by atoms with Crippen LogP contribution in [-0.4, -0.2) is 40.3 Å². The SMILES string of the molecule is NC(=O)c1cc(-c2csc(NC(=O)C3CC(F)(F)CN3)n2)c[nH]1. The summed E-state index contributed by atoms with van der Waals surface area (Å²) in [7, 11) is 0. The minimum atomic E-state index is -2.87. The molecule has 1 atom stereocenters. The number of nitrogens with zero attached hydrogens (tertiary/aromatic N) is 1. The molecular formula is C13H13F2N5O2S. The molecule has 1 unspecified atom stereocenters. The topological polar surface area (TPSA) is 113 Å². The van der Waals surface area contributed by atoms with Gasteiger partial charge in [-0.1, -0.05) is 0 Å². The van der Waals surface area contributed by atoms with E-state index in [0.717, 1.165) is 11.3 Å². The molecule has 1 fully saturated rings. The highest BCUT2D eigenvalue weighted by Crippen LogP contribution is 2.28. The Hall–Kier alpha value is -2.33. The number of carbonyl (C=O) groups excluding carboxylic acids is 2. The Bertz CT molecular complexity index is 757. The third-order valence-electron chi connectivity index (χ3n) is 3.40. The molecule has 1 saturated heterocycles. The molecule has 23 heavy (non-hydrogen) atoms. The van der Waals surface area contributed by atoms with Crippen LogP contribution in [0.25, 0.3) is 11.3 Å². The van der Waals surface area contributed by atoms with Crippen LogP contribution in [0, 0.1) is 0 Å². The average Bonchev–Trinajstić information content (AvgIpc) is 3.16. The number of rotatable bonds is 4. The van der Waals surface area contributed by atoms with Crippen molar-refractivity contribution >= 4 is 28.3 Å². The van der Waals surface area contributed by atoms with Crippen LogP contribution in [0.3, 0.4) is 0 Å². The van der Waals surface area contributed by atoms with E-state index in [2.05, 4.69) is 20.6 Å². The zero-order valence-corrected chi connectivity index (χ0v) is 12.5. The number of amides is 2. The van der Waals surface area contributed by atoms with Crippen LogP contribution in [0.1, 0.15) is 16.9 Å². The van der Waals surface area contributed by atoms with Crippen molar-refractivity contribution < 1.29 is 18.4 Å². The molecule has 1 aliphatic heterocycles. The fraction of sp³-hybridized carbons (Fsp3) is 0.308. The molecule has 10 heteroatoms. The monoisotopic (exact) mass is 341 g/mol. The largest absolute Gasteiger partial charge is 0.364 e. The number of anilines is 1. The molecule has 7 nitrogen and oxygen atoms in total. The molecule has 2 amide bonds. The van der Waals surface area contributed by atoms with E-state index in [1.54, 1.807) is 17.6 Å². The van der Waals surface area contributed by atoms with Gasteiger partial charge in [0.15, 0.2) is 5.13 Å². The van der Waals surface area contributed by atoms with Crippen molar-refractivity contribution in [1.82, 2.24) is 15.3 Å². The predicted octanol–water partition coefficient (Wildman–Crippen LogP) is 1.17. The van der Waals surface area contributed by atoms with Crippen molar-refractivity contribution in [1.29, 1.82) is 0 Å². The Balaban J connectivity index is 1.67. The summed E-state index contributed by atoms with van der Waals surface area (Å²) in [4.78, 5) is 29.9. The van der Waals surface area contributed by atoms with E-state index in [1.165, 1.54) is 0 Å². The number of halogens is 2. The Kier molecular flexibility index (Phi) is 3.86. The molecule has 0 saturated carbocycles. The van der Waals surface area contributed by atoms with Gasteiger partial charge >= 0.3 is 0 Å². The summed E-state index contributed by atoms with van der Waals surface area (Å²) in [6.07, 6.45) is 1.04. The second-order valence-corrected chi connectivity index (χ2v) is 6.05. The van der Waals surface area contributed by atoms with Gasteiger partial charge in [0, 0.05) is 23.6 Å². The molecule has 0 aliphatic carbocycles. The molecule has 0 aromatic carbocycles. The summed E-state index contributed by atoms with van der Waals surface area (Å²) in [5.74, 6) is -4.00.